The van der Waals surface area contributed by atoms with Crippen molar-refractivity contribution in [2.75, 3.05) is 0 Å². The summed E-state index contributed by atoms with van der Waals surface area (Å²) in [6, 6.07) is 0. The Morgan fingerprint density at radius 3 is 2.77 bits per heavy atom. The van der Waals surface area contributed by atoms with Crippen molar-refractivity contribution < 1.29 is 50.1 Å². The van der Waals surface area contributed by atoms with Crippen molar-refractivity contribution in [2.24, 2.45) is 35.5 Å². The summed E-state index contributed by atoms with van der Waals surface area (Å²) in [5.41, 5.74) is -0.371. The van der Waals surface area contributed by atoms with Gasteiger partial charge in [0.05, 0.1) is 0 Å². The number of carbonyl (C=O) groups excluding carboxylic acids is 3. The van der Waals surface area contributed by atoms with Crippen molar-refractivity contribution in [3.8, 4) is 0 Å². The fourth-order valence-electron chi connectivity index (χ4n) is 7.23. The van der Waals surface area contributed by atoms with Crippen LogP contribution in [0.15, 0.2) is 0 Å². The molecule has 7 nitrogen and oxygen atoms in total. The number of hydrogen-bond donors (Lipinski definition) is 1. The molecule has 2 heterocycles. The molecule has 0 amide bonds. The Labute approximate surface area is 199 Å². The molecular weight excluding hydrogens is 616 g/mol. The first-order valence-electron chi connectivity index (χ1n) is 11.1. The molecule has 0 aromatic heterocycles. The monoisotopic (exact) mass is 642 g/mol. The molecule has 6 fully saturated rings. The third-order valence-corrected chi connectivity index (χ3v) is 13.3. The molecule has 4 saturated carbocycles. The van der Waals surface area contributed by atoms with Crippen LogP contribution in [0.5, 0.6) is 0 Å². The number of esters is 3. The van der Waals surface area contributed by atoms with Crippen molar-refractivity contribution in [3.05, 3.63) is 0 Å². The number of carbonyl (C=O) groups is 3. The van der Waals surface area contributed by atoms with Gasteiger partial charge < -0.3 is 0 Å². The predicted molar refractivity (Wildman–Crippen MR) is 108 cm³/mol. The van der Waals surface area contributed by atoms with Crippen LogP contribution in [-0.2, 0) is 28.6 Å². The van der Waals surface area contributed by atoms with Gasteiger partial charge in [-0.2, -0.15) is 0 Å². The van der Waals surface area contributed by atoms with Crippen LogP contribution in [0.25, 0.3) is 0 Å². The third-order valence-electron chi connectivity index (χ3n) is 8.61. The van der Waals surface area contributed by atoms with E-state index < -0.39 is 24.0 Å². The van der Waals surface area contributed by atoms with Crippen LogP contribution in [-0.4, -0.2) is 43.7 Å². The van der Waals surface area contributed by atoms with Gasteiger partial charge in [-0.1, -0.05) is 0 Å². The summed E-state index contributed by atoms with van der Waals surface area (Å²) in [5, 5.41) is 0. The zero-order chi connectivity index (χ0) is 20.8. The Hall–Kier alpha value is -0.170. The molecule has 6 rings (SSSR count). The zero-order valence-electron chi connectivity index (χ0n) is 16.7. The second-order valence-corrected chi connectivity index (χ2v) is 13.8. The Balaban J connectivity index is 1.22. The average molecular weight is 642 g/mol. The van der Waals surface area contributed by atoms with E-state index in [0.717, 1.165) is 25.7 Å². The number of halogens is 2. The molecule has 9 heteroatoms. The topological polar surface area (TPSA) is 101 Å². The summed E-state index contributed by atoms with van der Waals surface area (Å²) in [6.45, 7) is 2.11. The fourth-order valence-corrected chi connectivity index (χ4v) is 10.3. The first-order valence-corrected chi connectivity index (χ1v) is 14.6. The Kier molecular flexibility index (Phi) is 4.88. The minimum atomic E-state index is -0.541. The van der Waals surface area contributed by atoms with E-state index in [4.69, 9.17) is 14.2 Å². The molecule has 4 bridgehead atoms. The van der Waals surface area contributed by atoms with Gasteiger partial charge in [0.25, 0.3) is 0 Å². The van der Waals surface area contributed by atoms with Gasteiger partial charge in [-0.15, -0.1) is 0 Å². The SMILES string of the molecule is CCC1(OC(=O)[C@@H]2C3CC4C(OC(=O)C42)C3OC(=O)C(I)C2N[I-]2)CC2CCC1C2. The van der Waals surface area contributed by atoms with Gasteiger partial charge in [0.1, 0.15) is 0 Å². The van der Waals surface area contributed by atoms with E-state index in [2.05, 4.69) is 33.0 Å². The molecular formula is C21H26I2NO6-. The Morgan fingerprint density at radius 2 is 2.13 bits per heavy atom. The van der Waals surface area contributed by atoms with E-state index in [1.54, 1.807) is 0 Å². The number of ether oxygens (including phenoxy) is 3. The Morgan fingerprint density at radius 1 is 1.33 bits per heavy atom. The van der Waals surface area contributed by atoms with E-state index in [9.17, 15) is 14.4 Å². The molecule has 1 N–H and O–H groups in total. The minimum absolute atomic E-state index is 0.0328. The van der Waals surface area contributed by atoms with E-state index in [1.165, 1.54) is 6.42 Å². The van der Waals surface area contributed by atoms with Gasteiger partial charge in [-0.3, -0.25) is 0 Å². The number of nitrogens with one attached hydrogen (secondary N) is 1. The second-order valence-electron chi connectivity index (χ2n) is 9.86. The molecule has 2 saturated heterocycles. The van der Waals surface area contributed by atoms with Crippen molar-refractivity contribution in [1.29, 1.82) is 0 Å². The third kappa shape index (κ3) is 2.92. The van der Waals surface area contributed by atoms with Crippen LogP contribution >= 0.6 is 22.6 Å². The molecule has 4 aliphatic carbocycles. The molecule has 0 aromatic rings. The van der Waals surface area contributed by atoms with E-state index in [0.29, 0.717) is 18.3 Å². The van der Waals surface area contributed by atoms with Crippen LogP contribution in [0.4, 0.5) is 0 Å². The number of hydrogen-bond acceptors (Lipinski definition) is 7. The summed E-state index contributed by atoms with van der Waals surface area (Å²) in [4.78, 5) is 38.7. The summed E-state index contributed by atoms with van der Waals surface area (Å²) >= 11 is 2.03. The normalized spacial score (nSPS) is 50.7. The van der Waals surface area contributed by atoms with E-state index >= 15 is 0 Å². The van der Waals surface area contributed by atoms with Gasteiger partial charge in [0, 0.05) is 0 Å². The maximum absolute atomic E-state index is 13.5. The number of alkyl halides is 2. The van der Waals surface area contributed by atoms with Crippen LogP contribution < -0.4 is 25.0 Å². The fraction of sp³-hybridized carbons (Fsp3) is 0.857. The van der Waals surface area contributed by atoms with Crippen molar-refractivity contribution >= 4 is 40.5 Å². The van der Waals surface area contributed by atoms with Gasteiger partial charge >= 0.3 is 194 Å². The van der Waals surface area contributed by atoms with Crippen LogP contribution in [0.1, 0.15) is 45.4 Å². The second kappa shape index (κ2) is 7.16. The van der Waals surface area contributed by atoms with Crippen LogP contribution in [0.3, 0.4) is 0 Å². The van der Waals surface area contributed by atoms with Gasteiger partial charge in [-0.05, 0) is 6.42 Å². The first-order chi connectivity index (χ1) is 14.4. The summed E-state index contributed by atoms with van der Waals surface area (Å²) in [6.07, 6.45) is 5.08. The van der Waals surface area contributed by atoms with Crippen molar-refractivity contribution in [2.45, 2.75) is 71.2 Å². The molecule has 166 valence electrons. The molecule has 30 heavy (non-hydrogen) atoms. The van der Waals surface area contributed by atoms with Crippen molar-refractivity contribution in [3.63, 3.8) is 0 Å². The standard InChI is InChI=1S/C21H26I2NO6/c1-2-21(7-8-3-4-9(21)5-8)30-19(26)13-11-6-10-12(13)18(25)28-15(10)16(11)29-20(27)14(22)17-23-24-17/h8-17,24H,2-7H2,1H3/q-1/t8?,9?,10?,11?,12?,13-,14?,15?,16?,17?,21?/m1/s1. The molecule has 0 spiro atoms. The van der Waals surface area contributed by atoms with Crippen molar-refractivity contribution in [1.82, 2.24) is 3.53 Å². The number of rotatable bonds is 6. The van der Waals surface area contributed by atoms with Gasteiger partial charge in [0.2, 0.25) is 0 Å². The molecule has 10 unspecified atom stereocenters. The molecule has 0 aromatic carbocycles. The maximum atomic E-state index is 13.5. The predicted octanol–water partition coefficient (Wildman–Crippen LogP) is -1.05. The number of fused-ring (bicyclic) bond motifs is 3. The summed E-state index contributed by atoms with van der Waals surface area (Å²) < 4.78 is 21.1. The summed E-state index contributed by atoms with van der Waals surface area (Å²) in [5.74, 6) is -0.902. The quantitative estimate of drug-likeness (QED) is 0.0752. The average Bonchev–Trinajstić information content (AvgIpc) is 3.02. The van der Waals surface area contributed by atoms with E-state index in [1.807, 2.05) is 0 Å². The van der Waals surface area contributed by atoms with Crippen LogP contribution in [0.2, 0.25) is 0 Å². The Bertz CT molecular complexity index is 804. The molecule has 2 aliphatic heterocycles. The molecule has 11 atom stereocenters. The molecule has 6 aliphatic rings. The summed E-state index contributed by atoms with van der Waals surface area (Å²) in [7, 11) is 0. The van der Waals surface area contributed by atoms with E-state index in [-0.39, 0.29) is 64.8 Å². The first kappa shape index (κ1) is 20.4. The van der Waals surface area contributed by atoms with Gasteiger partial charge in [0.15, 0.2) is 0 Å². The zero-order valence-corrected chi connectivity index (χ0v) is 21.0. The van der Waals surface area contributed by atoms with Crippen LogP contribution in [0, 0.1) is 35.5 Å². The molecule has 0 radical (unpaired) electrons. The van der Waals surface area contributed by atoms with Gasteiger partial charge in [-0.25, -0.2) is 0 Å².